The third-order valence-corrected chi connectivity index (χ3v) is 3.79. The normalized spacial score (nSPS) is 10.8. The van der Waals surface area contributed by atoms with Crippen LogP contribution < -0.4 is 5.63 Å². The van der Waals surface area contributed by atoms with Crippen LogP contribution in [0.4, 0.5) is 0 Å². The summed E-state index contributed by atoms with van der Waals surface area (Å²) in [6.07, 6.45) is 2.02. The molecule has 2 aromatic rings. The monoisotopic (exact) mass is 238 g/mol. The standard InChI is InChI=1S/C11H10O2S2/c1-7-5-11(12)13-10-6-8(15-14-2)3-4-9(7)10/h3-6H,1-2H3. The van der Waals surface area contributed by atoms with Gasteiger partial charge in [-0.1, -0.05) is 21.6 Å². The van der Waals surface area contributed by atoms with Crippen LogP contribution in [0, 0.1) is 6.92 Å². The van der Waals surface area contributed by atoms with Crippen molar-refractivity contribution in [3.05, 3.63) is 40.2 Å². The van der Waals surface area contributed by atoms with E-state index in [1.54, 1.807) is 21.6 Å². The van der Waals surface area contributed by atoms with E-state index < -0.39 is 0 Å². The Balaban J connectivity index is 2.65. The van der Waals surface area contributed by atoms with E-state index in [9.17, 15) is 4.79 Å². The van der Waals surface area contributed by atoms with E-state index in [2.05, 4.69) is 0 Å². The summed E-state index contributed by atoms with van der Waals surface area (Å²) in [4.78, 5) is 12.3. The third kappa shape index (κ3) is 2.21. The lowest BCUT2D eigenvalue weighted by molar-refractivity contribution is 0.559. The van der Waals surface area contributed by atoms with Crippen molar-refractivity contribution >= 4 is 32.6 Å². The molecule has 4 heteroatoms. The van der Waals surface area contributed by atoms with Crippen molar-refractivity contribution in [2.75, 3.05) is 6.26 Å². The maximum absolute atomic E-state index is 11.2. The zero-order valence-corrected chi connectivity index (χ0v) is 10.1. The van der Waals surface area contributed by atoms with E-state index in [0.29, 0.717) is 5.58 Å². The Labute approximate surface area is 95.5 Å². The van der Waals surface area contributed by atoms with Gasteiger partial charge in [0.05, 0.1) is 0 Å². The molecule has 0 radical (unpaired) electrons. The Kier molecular flexibility index (Phi) is 3.07. The summed E-state index contributed by atoms with van der Waals surface area (Å²) >= 11 is 0. The van der Waals surface area contributed by atoms with Crippen molar-refractivity contribution in [1.82, 2.24) is 0 Å². The molecule has 1 aromatic carbocycles. The lowest BCUT2D eigenvalue weighted by atomic mass is 10.1. The number of hydrogen-bond donors (Lipinski definition) is 0. The number of rotatable bonds is 2. The van der Waals surface area contributed by atoms with Crippen LogP contribution in [0.25, 0.3) is 11.0 Å². The average molecular weight is 238 g/mol. The van der Waals surface area contributed by atoms with Crippen LogP contribution in [0.5, 0.6) is 0 Å². The molecule has 0 unspecified atom stereocenters. The summed E-state index contributed by atoms with van der Waals surface area (Å²) in [7, 11) is 3.33. The molecule has 0 saturated carbocycles. The molecular formula is C11H10O2S2. The highest BCUT2D eigenvalue weighted by atomic mass is 33.1. The first-order valence-corrected chi connectivity index (χ1v) is 7.01. The van der Waals surface area contributed by atoms with Gasteiger partial charge in [0.25, 0.3) is 0 Å². The summed E-state index contributed by atoms with van der Waals surface area (Å²) in [5, 5.41) is 1.00. The Morgan fingerprint density at radius 1 is 1.27 bits per heavy atom. The van der Waals surface area contributed by atoms with Gasteiger partial charge in [-0.3, -0.25) is 0 Å². The largest absolute Gasteiger partial charge is 0.423 e. The van der Waals surface area contributed by atoms with Gasteiger partial charge >= 0.3 is 5.63 Å². The molecule has 2 nitrogen and oxygen atoms in total. The van der Waals surface area contributed by atoms with E-state index in [1.807, 2.05) is 31.4 Å². The lowest BCUT2D eigenvalue weighted by Gasteiger charge is -2.02. The van der Waals surface area contributed by atoms with Crippen LogP contribution in [0.2, 0.25) is 0 Å². The maximum Gasteiger partial charge on any atom is 0.336 e. The van der Waals surface area contributed by atoms with E-state index in [1.165, 1.54) is 6.07 Å². The van der Waals surface area contributed by atoms with Gasteiger partial charge in [0.1, 0.15) is 5.58 Å². The molecule has 78 valence electrons. The van der Waals surface area contributed by atoms with Gasteiger partial charge in [0.2, 0.25) is 0 Å². The second-order valence-corrected chi connectivity index (χ2v) is 5.63. The van der Waals surface area contributed by atoms with Gasteiger partial charge in [-0.15, -0.1) is 0 Å². The fourth-order valence-corrected chi connectivity index (χ4v) is 2.81. The fourth-order valence-electron chi connectivity index (χ4n) is 1.45. The number of hydrogen-bond acceptors (Lipinski definition) is 4. The first-order valence-electron chi connectivity index (χ1n) is 4.46. The van der Waals surface area contributed by atoms with Gasteiger partial charge in [0, 0.05) is 16.3 Å². The van der Waals surface area contributed by atoms with Crippen molar-refractivity contribution in [3.63, 3.8) is 0 Å². The van der Waals surface area contributed by atoms with Gasteiger partial charge in [-0.2, -0.15) is 0 Å². The van der Waals surface area contributed by atoms with Gasteiger partial charge in [-0.05, 0) is 36.9 Å². The van der Waals surface area contributed by atoms with Crippen molar-refractivity contribution in [2.24, 2.45) is 0 Å². The zero-order valence-electron chi connectivity index (χ0n) is 8.44. The smallest absolute Gasteiger partial charge is 0.336 e. The number of fused-ring (bicyclic) bond motifs is 1. The molecule has 1 heterocycles. The van der Waals surface area contributed by atoms with E-state index in [0.717, 1.165) is 15.8 Å². The SMILES string of the molecule is CSSc1ccc2c(C)cc(=O)oc2c1. The van der Waals surface area contributed by atoms with Crippen molar-refractivity contribution in [3.8, 4) is 0 Å². The van der Waals surface area contributed by atoms with Crippen LogP contribution >= 0.6 is 21.6 Å². The van der Waals surface area contributed by atoms with E-state index in [4.69, 9.17) is 4.42 Å². The Hall–Kier alpha value is -0.870. The van der Waals surface area contributed by atoms with Crippen LogP contribution in [0.3, 0.4) is 0 Å². The van der Waals surface area contributed by atoms with Crippen LogP contribution in [0.1, 0.15) is 5.56 Å². The minimum Gasteiger partial charge on any atom is -0.423 e. The van der Waals surface area contributed by atoms with E-state index in [-0.39, 0.29) is 5.63 Å². The van der Waals surface area contributed by atoms with Crippen LogP contribution in [-0.2, 0) is 0 Å². The molecule has 0 bridgehead atoms. The van der Waals surface area contributed by atoms with E-state index >= 15 is 0 Å². The Morgan fingerprint density at radius 2 is 2.07 bits per heavy atom. The quantitative estimate of drug-likeness (QED) is 0.592. The lowest BCUT2D eigenvalue weighted by Crippen LogP contribution is -1.97. The molecule has 0 spiro atoms. The predicted molar refractivity (Wildman–Crippen MR) is 66.6 cm³/mol. The number of benzene rings is 1. The predicted octanol–water partition coefficient (Wildman–Crippen LogP) is 3.47. The molecule has 1 aromatic heterocycles. The highest BCUT2D eigenvalue weighted by Crippen LogP contribution is 2.31. The molecule has 0 saturated heterocycles. The second kappa shape index (κ2) is 4.33. The highest BCUT2D eigenvalue weighted by Gasteiger charge is 2.03. The summed E-state index contributed by atoms with van der Waals surface area (Å²) in [6.45, 7) is 1.92. The number of aryl methyl sites for hydroxylation is 1. The molecule has 2 rings (SSSR count). The summed E-state index contributed by atoms with van der Waals surface area (Å²) < 4.78 is 5.15. The summed E-state index contributed by atoms with van der Waals surface area (Å²) in [6, 6.07) is 7.46. The molecule has 0 atom stereocenters. The first-order chi connectivity index (χ1) is 7.20. The average Bonchev–Trinajstić information content (AvgIpc) is 2.17. The minimum atomic E-state index is -0.286. The third-order valence-electron chi connectivity index (χ3n) is 2.10. The molecule has 0 aliphatic heterocycles. The molecule has 0 aliphatic rings. The molecule has 0 amide bonds. The first kappa shape index (κ1) is 10.6. The fraction of sp³-hybridized carbons (Fsp3) is 0.182. The highest BCUT2D eigenvalue weighted by molar-refractivity contribution is 8.76. The topological polar surface area (TPSA) is 30.2 Å². The second-order valence-electron chi connectivity index (χ2n) is 3.16. The minimum absolute atomic E-state index is 0.286. The van der Waals surface area contributed by atoms with Crippen molar-refractivity contribution < 1.29 is 4.42 Å². The summed E-state index contributed by atoms with van der Waals surface area (Å²) in [5.74, 6) is 0. The van der Waals surface area contributed by atoms with Crippen LogP contribution in [-0.4, -0.2) is 6.26 Å². The Bertz CT molecular complexity index is 546. The van der Waals surface area contributed by atoms with Crippen LogP contribution in [0.15, 0.2) is 38.4 Å². The zero-order chi connectivity index (χ0) is 10.8. The summed E-state index contributed by atoms with van der Waals surface area (Å²) in [5.41, 5.74) is 1.34. The molecule has 0 N–H and O–H groups in total. The van der Waals surface area contributed by atoms with Crippen molar-refractivity contribution in [2.45, 2.75) is 11.8 Å². The van der Waals surface area contributed by atoms with Gasteiger partial charge < -0.3 is 4.42 Å². The molecule has 0 aliphatic carbocycles. The molecule has 0 fully saturated rings. The maximum atomic E-state index is 11.2. The van der Waals surface area contributed by atoms with Gasteiger partial charge in [0.15, 0.2) is 0 Å². The Morgan fingerprint density at radius 3 is 2.80 bits per heavy atom. The van der Waals surface area contributed by atoms with Gasteiger partial charge in [-0.25, -0.2) is 4.79 Å². The molecular weight excluding hydrogens is 228 g/mol. The van der Waals surface area contributed by atoms with Crippen molar-refractivity contribution in [1.29, 1.82) is 0 Å². The molecule has 15 heavy (non-hydrogen) atoms.